The largest absolute Gasteiger partial charge is 0.492 e. The van der Waals surface area contributed by atoms with E-state index in [1.165, 1.54) is 17.9 Å². The molecule has 1 aliphatic rings. The van der Waals surface area contributed by atoms with Crippen LogP contribution in [0.25, 0.3) is 0 Å². The monoisotopic (exact) mass is 344 g/mol. The van der Waals surface area contributed by atoms with Gasteiger partial charge in [-0.05, 0) is 58.0 Å². The zero-order valence-electron chi connectivity index (χ0n) is 14.2. The number of benzene rings is 1. The third-order valence-corrected chi connectivity index (χ3v) is 4.21. The molecule has 2 rings (SSSR count). The molecule has 4 nitrogen and oxygen atoms in total. The topological polar surface area (TPSA) is 32.8 Å². The first-order chi connectivity index (χ1) is 11.3. The normalized spacial score (nSPS) is 19.2. The second kappa shape index (κ2) is 7.42. The minimum absolute atomic E-state index is 0.179. The summed E-state index contributed by atoms with van der Waals surface area (Å²) in [7, 11) is 1.88. The third-order valence-electron chi connectivity index (χ3n) is 4.21. The Morgan fingerprint density at radius 1 is 1.38 bits per heavy atom. The molecular weight excluding hydrogens is 321 g/mol. The average molecular weight is 344 g/mol. The van der Waals surface area contributed by atoms with Gasteiger partial charge in [-0.25, -0.2) is 0 Å². The molecule has 0 spiro atoms. The van der Waals surface area contributed by atoms with Gasteiger partial charge in [-0.1, -0.05) is 0 Å². The van der Waals surface area contributed by atoms with Gasteiger partial charge in [-0.2, -0.15) is 13.2 Å². The van der Waals surface area contributed by atoms with Crippen molar-refractivity contribution in [3.05, 3.63) is 23.8 Å². The molecular formula is C17H23F3N2O2. The third kappa shape index (κ3) is 4.01. The van der Waals surface area contributed by atoms with Crippen LogP contribution in [0.2, 0.25) is 0 Å². The van der Waals surface area contributed by atoms with Crippen molar-refractivity contribution in [2.45, 2.75) is 45.5 Å². The van der Waals surface area contributed by atoms with Crippen LogP contribution in [0.4, 0.5) is 18.9 Å². The number of piperidine rings is 1. The average Bonchev–Trinajstić information content (AvgIpc) is 2.50. The molecule has 1 aromatic rings. The molecule has 7 heteroatoms. The molecule has 1 amide bonds. The van der Waals surface area contributed by atoms with Crippen molar-refractivity contribution in [3.63, 3.8) is 0 Å². The van der Waals surface area contributed by atoms with Crippen molar-refractivity contribution >= 4 is 11.6 Å². The first-order valence-corrected chi connectivity index (χ1v) is 8.09. The molecule has 0 aromatic heterocycles. The number of hydrogen-bond donors (Lipinski definition) is 0. The lowest BCUT2D eigenvalue weighted by Gasteiger charge is -2.40. The molecule has 0 bridgehead atoms. The molecule has 134 valence electrons. The minimum atomic E-state index is -4.47. The SMILES string of the molecule is CCOc1ccc(C(F)(F)F)cc1N(C(C)=O)C1CCCCN1C. The molecule has 1 unspecified atom stereocenters. The predicted molar refractivity (Wildman–Crippen MR) is 86.0 cm³/mol. The molecule has 0 saturated carbocycles. The van der Waals surface area contributed by atoms with Gasteiger partial charge in [-0.15, -0.1) is 0 Å². The fourth-order valence-electron chi connectivity index (χ4n) is 3.08. The Balaban J connectivity index is 2.52. The first kappa shape index (κ1) is 18.6. The summed E-state index contributed by atoms with van der Waals surface area (Å²) in [6, 6.07) is 3.28. The molecule has 0 radical (unpaired) electrons. The lowest BCUT2D eigenvalue weighted by atomic mass is 10.1. The van der Waals surface area contributed by atoms with Crippen LogP contribution in [-0.2, 0) is 11.0 Å². The number of halogens is 3. The minimum Gasteiger partial charge on any atom is -0.492 e. The number of hydrogen-bond acceptors (Lipinski definition) is 3. The summed E-state index contributed by atoms with van der Waals surface area (Å²) in [5.41, 5.74) is -0.608. The number of carbonyl (C=O) groups is 1. The second-order valence-electron chi connectivity index (χ2n) is 5.96. The molecule has 0 aliphatic carbocycles. The van der Waals surface area contributed by atoms with Crippen molar-refractivity contribution in [2.75, 3.05) is 25.1 Å². The maximum Gasteiger partial charge on any atom is 0.416 e. The van der Waals surface area contributed by atoms with Gasteiger partial charge in [0.15, 0.2) is 0 Å². The maximum absolute atomic E-state index is 13.1. The van der Waals surface area contributed by atoms with Crippen molar-refractivity contribution < 1.29 is 22.7 Å². The van der Waals surface area contributed by atoms with Crippen LogP contribution in [-0.4, -0.2) is 37.2 Å². The zero-order chi connectivity index (χ0) is 17.9. The Morgan fingerprint density at radius 2 is 2.08 bits per heavy atom. The summed E-state index contributed by atoms with van der Waals surface area (Å²) in [5.74, 6) is -0.00583. The van der Waals surface area contributed by atoms with Crippen molar-refractivity contribution in [1.29, 1.82) is 0 Å². The van der Waals surface area contributed by atoms with Crippen LogP contribution < -0.4 is 9.64 Å². The van der Waals surface area contributed by atoms with Gasteiger partial charge in [-0.3, -0.25) is 14.6 Å². The molecule has 1 fully saturated rings. The lowest BCUT2D eigenvalue weighted by Crippen LogP contribution is -2.51. The van der Waals surface area contributed by atoms with Gasteiger partial charge in [0, 0.05) is 6.92 Å². The van der Waals surface area contributed by atoms with Gasteiger partial charge in [0.05, 0.1) is 24.0 Å². The van der Waals surface area contributed by atoms with E-state index in [1.54, 1.807) is 6.92 Å². The number of nitrogens with zero attached hydrogens (tertiary/aromatic N) is 2. The van der Waals surface area contributed by atoms with Crippen molar-refractivity contribution in [2.24, 2.45) is 0 Å². The first-order valence-electron chi connectivity index (χ1n) is 8.09. The Bertz CT molecular complexity index is 590. The maximum atomic E-state index is 13.1. The summed E-state index contributed by atoms with van der Waals surface area (Å²) in [6.45, 7) is 4.24. The Morgan fingerprint density at radius 3 is 2.62 bits per heavy atom. The van der Waals surface area contributed by atoms with Crippen LogP contribution in [0.1, 0.15) is 38.7 Å². The van der Waals surface area contributed by atoms with E-state index in [0.717, 1.165) is 37.9 Å². The summed E-state index contributed by atoms with van der Waals surface area (Å²) < 4.78 is 44.8. The van der Waals surface area contributed by atoms with Crippen molar-refractivity contribution in [1.82, 2.24) is 4.90 Å². The predicted octanol–water partition coefficient (Wildman–Crippen LogP) is 3.90. The molecule has 1 atom stereocenters. The van der Waals surface area contributed by atoms with Crippen LogP contribution >= 0.6 is 0 Å². The smallest absolute Gasteiger partial charge is 0.416 e. The van der Waals surface area contributed by atoms with E-state index in [2.05, 4.69) is 0 Å². The lowest BCUT2D eigenvalue weighted by molar-refractivity contribution is -0.137. The summed E-state index contributed by atoms with van der Waals surface area (Å²) in [6.07, 6.45) is -2.07. The van der Waals surface area contributed by atoms with E-state index >= 15 is 0 Å². The Hall–Kier alpha value is -1.76. The molecule has 1 heterocycles. The number of ether oxygens (including phenoxy) is 1. The highest BCUT2D eigenvalue weighted by Crippen LogP contribution is 2.38. The van der Waals surface area contributed by atoms with E-state index in [0.29, 0.717) is 12.4 Å². The summed E-state index contributed by atoms with van der Waals surface area (Å²) in [5, 5.41) is 0. The Labute approximate surface area is 140 Å². The van der Waals surface area contributed by atoms with Crippen LogP contribution in [0, 0.1) is 0 Å². The highest BCUT2D eigenvalue weighted by atomic mass is 19.4. The summed E-state index contributed by atoms with van der Waals surface area (Å²) in [4.78, 5) is 15.7. The highest BCUT2D eigenvalue weighted by molar-refractivity contribution is 5.94. The van der Waals surface area contributed by atoms with Crippen LogP contribution in [0.15, 0.2) is 18.2 Å². The molecule has 0 N–H and O–H groups in total. The van der Waals surface area contributed by atoms with Crippen LogP contribution in [0.3, 0.4) is 0 Å². The molecule has 1 saturated heterocycles. The number of carbonyl (C=O) groups excluding carboxylic acids is 1. The van der Waals surface area contributed by atoms with Crippen LogP contribution in [0.5, 0.6) is 5.75 Å². The number of likely N-dealkylation sites (tertiary alicyclic amines) is 1. The van der Waals surface area contributed by atoms with Gasteiger partial charge >= 0.3 is 6.18 Å². The van der Waals surface area contributed by atoms with E-state index in [1.807, 2.05) is 11.9 Å². The van der Waals surface area contributed by atoms with Gasteiger partial charge in [0.25, 0.3) is 0 Å². The number of rotatable bonds is 4. The summed E-state index contributed by atoms with van der Waals surface area (Å²) >= 11 is 0. The highest BCUT2D eigenvalue weighted by Gasteiger charge is 2.35. The van der Waals surface area contributed by atoms with E-state index in [-0.39, 0.29) is 17.8 Å². The standard InChI is InChI=1S/C17H23F3N2O2/c1-4-24-15-9-8-13(17(18,19)20)11-14(15)22(12(2)23)16-7-5-6-10-21(16)3/h8-9,11,16H,4-7,10H2,1-3H3. The molecule has 1 aromatic carbocycles. The number of anilines is 1. The number of amides is 1. The number of alkyl halides is 3. The quantitative estimate of drug-likeness (QED) is 0.830. The van der Waals surface area contributed by atoms with Gasteiger partial charge in [0.2, 0.25) is 5.91 Å². The fourth-order valence-corrected chi connectivity index (χ4v) is 3.08. The van der Waals surface area contributed by atoms with E-state index in [9.17, 15) is 18.0 Å². The molecule has 1 aliphatic heterocycles. The molecule has 24 heavy (non-hydrogen) atoms. The fraction of sp³-hybridized carbons (Fsp3) is 0.588. The van der Waals surface area contributed by atoms with Gasteiger partial charge in [0.1, 0.15) is 5.75 Å². The zero-order valence-corrected chi connectivity index (χ0v) is 14.2. The van der Waals surface area contributed by atoms with E-state index < -0.39 is 11.7 Å². The van der Waals surface area contributed by atoms with E-state index in [4.69, 9.17) is 4.74 Å². The van der Waals surface area contributed by atoms with Gasteiger partial charge < -0.3 is 4.74 Å². The Kier molecular flexibility index (Phi) is 5.74. The second-order valence-corrected chi connectivity index (χ2v) is 5.96. The van der Waals surface area contributed by atoms with Crippen molar-refractivity contribution in [3.8, 4) is 5.75 Å².